The summed E-state index contributed by atoms with van der Waals surface area (Å²) >= 11 is 3.26. The van der Waals surface area contributed by atoms with Crippen LogP contribution in [0.5, 0.6) is 5.75 Å². The van der Waals surface area contributed by atoms with Crippen LogP contribution < -0.4 is 0 Å². The molecule has 0 aliphatic rings. The monoisotopic (exact) mass is 348 g/mol. The van der Waals surface area contributed by atoms with Crippen molar-refractivity contribution < 1.29 is 13.9 Å². The van der Waals surface area contributed by atoms with Crippen molar-refractivity contribution in [3.63, 3.8) is 0 Å². The second kappa shape index (κ2) is 4.86. The maximum absolute atomic E-state index is 14.1. The molecule has 0 spiro atoms. The van der Waals surface area contributed by atoms with Gasteiger partial charge in [-0.3, -0.25) is 4.57 Å². The molecule has 0 saturated carbocycles. The fourth-order valence-corrected chi connectivity index (χ4v) is 2.93. The molecule has 3 rings (SSSR count). The molecule has 0 radical (unpaired) electrons. The van der Waals surface area contributed by atoms with Crippen molar-refractivity contribution in [1.29, 1.82) is 5.26 Å². The number of halogens is 3. The molecule has 0 saturated heterocycles. The number of fused-ring (bicyclic) bond motifs is 1. The van der Waals surface area contributed by atoms with Crippen molar-refractivity contribution in [2.45, 2.75) is 0 Å². The number of aromatic nitrogens is 1. The Labute approximate surface area is 126 Å². The molecule has 6 heteroatoms. The fraction of sp³-hybridized carbons (Fsp3) is 0. The van der Waals surface area contributed by atoms with Gasteiger partial charge >= 0.3 is 0 Å². The molecule has 0 fully saturated rings. The van der Waals surface area contributed by atoms with Crippen molar-refractivity contribution in [1.82, 2.24) is 4.57 Å². The highest BCUT2D eigenvalue weighted by Crippen LogP contribution is 2.34. The molecule has 0 bridgehead atoms. The van der Waals surface area contributed by atoms with Gasteiger partial charge in [0.1, 0.15) is 10.7 Å². The van der Waals surface area contributed by atoms with Crippen LogP contribution in [0.15, 0.2) is 41.0 Å². The first-order valence-electron chi connectivity index (χ1n) is 5.92. The van der Waals surface area contributed by atoms with Gasteiger partial charge in [0.05, 0.1) is 16.8 Å². The van der Waals surface area contributed by atoms with Gasteiger partial charge in [-0.25, -0.2) is 8.78 Å². The molecule has 1 aromatic heterocycles. The third-order valence-electron chi connectivity index (χ3n) is 3.19. The smallest absolute Gasteiger partial charge is 0.167 e. The lowest BCUT2D eigenvalue weighted by Gasteiger charge is -2.09. The van der Waals surface area contributed by atoms with Gasteiger partial charge in [-0.2, -0.15) is 5.26 Å². The second-order valence-corrected chi connectivity index (χ2v) is 5.14. The molecule has 3 aromatic rings. The Balaban J connectivity index is 2.44. The zero-order valence-electron chi connectivity index (χ0n) is 10.4. The van der Waals surface area contributed by atoms with E-state index in [9.17, 15) is 19.1 Å². The van der Waals surface area contributed by atoms with Crippen LogP contribution in [0.25, 0.3) is 16.6 Å². The van der Waals surface area contributed by atoms with E-state index in [1.54, 1.807) is 24.3 Å². The lowest BCUT2D eigenvalue weighted by molar-refractivity contribution is 0.426. The van der Waals surface area contributed by atoms with Crippen LogP contribution in [0.1, 0.15) is 5.56 Å². The molecule has 1 heterocycles. The van der Waals surface area contributed by atoms with Gasteiger partial charge in [-0.05, 0) is 22.0 Å². The number of aromatic hydroxyl groups is 1. The van der Waals surface area contributed by atoms with Gasteiger partial charge in [-0.15, -0.1) is 0 Å². The number of phenols is 1. The third-order valence-corrected chi connectivity index (χ3v) is 3.94. The van der Waals surface area contributed by atoms with Gasteiger partial charge in [-0.1, -0.05) is 18.2 Å². The summed E-state index contributed by atoms with van der Waals surface area (Å²) in [6, 6.07) is 10.6. The Morgan fingerprint density at radius 2 is 1.86 bits per heavy atom. The number of nitrogens with zero attached hydrogens (tertiary/aromatic N) is 2. The Kier molecular flexibility index (Phi) is 3.15. The first-order chi connectivity index (χ1) is 10.0. The summed E-state index contributed by atoms with van der Waals surface area (Å²) in [5.74, 6) is -2.49. The minimum Gasteiger partial charge on any atom is -0.505 e. The number of hydrogen-bond acceptors (Lipinski definition) is 2. The molecule has 0 amide bonds. The van der Waals surface area contributed by atoms with Crippen LogP contribution in [0.2, 0.25) is 0 Å². The third kappa shape index (κ3) is 1.98. The minimum atomic E-state index is -0.936. The summed E-state index contributed by atoms with van der Waals surface area (Å²) in [6.45, 7) is 0. The Hall–Kier alpha value is -2.39. The van der Waals surface area contributed by atoms with E-state index in [1.807, 2.05) is 6.07 Å². The molecular formula is C15H7BrF2N2O. The fourth-order valence-electron chi connectivity index (χ4n) is 2.25. The topological polar surface area (TPSA) is 49.0 Å². The largest absolute Gasteiger partial charge is 0.505 e. The standard InChI is InChI=1S/C15H7BrF2N2O/c16-15-9(7-19)8-3-1-2-4-12(8)20(15)13-5-11(18)14(21)6-10(13)17/h1-6,21H. The molecule has 21 heavy (non-hydrogen) atoms. The maximum atomic E-state index is 14.1. The molecule has 0 atom stereocenters. The number of rotatable bonds is 1. The highest BCUT2D eigenvalue weighted by atomic mass is 79.9. The number of benzene rings is 2. The van der Waals surface area contributed by atoms with E-state index >= 15 is 0 Å². The minimum absolute atomic E-state index is 0.0881. The quantitative estimate of drug-likeness (QED) is 0.714. The number of phenolic OH excluding ortho intramolecular Hbond substituents is 1. The van der Waals surface area contributed by atoms with E-state index in [0.717, 1.165) is 6.07 Å². The average Bonchev–Trinajstić information content (AvgIpc) is 2.74. The molecule has 2 aromatic carbocycles. The van der Waals surface area contributed by atoms with Crippen LogP contribution >= 0.6 is 15.9 Å². The van der Waals surface area contributed by atoms with Crippen molar-refractivity contribution in [2.75, 3.05) is 0 Å². The van der Waals surface area contributed by atoms with E-state index < -0.39 is 17.4 Å². The molecule has 0 aliphatic heterocycles. The van der Waals surface area contributed by atoms with E-state index in [1.165, 1.54) is 4.57 Å². The van der Waals surface area contributed by atoms with Crippen LogP contribution in [0.3, 0.4) is 0 Å². The van der Waals surface area contributed by atoms with Gasteiger partial charge in [0.2, 0.25) is 0 Å². The molecule has 0 unspecified atom stereocenters. The van der Waals surface area contributed by atoms with E-state index in [0.29, 0.717) is 27.1 Å². The Bertz CT molecular complexity index is 912. The Morgan fingerprint density at radius 1 is 1.14 bits per heavy atom. The van der Waals surface area contributed by atoms with Crippen LogP contribution in [0, 0.1) is 23.0 Å². The first-order valence-corrected chi connectivity index (χ1v) is 6.71. The lowest BCUT2D eigenvalue weighted by Crippen LogP contribution is -1.99. The highest BCUT2D eigenvalue weighted by Gasteiger charge is 2.19. The molecular weight excluding hydrogens is 342 g/mol. The van der Waals surface area contributed by atoms with Crippen molar-refractivity contribution in [3.8, 4) is 17.5 Å². The van der Waals surface area contributed by atoms with E-state index in [2.05, 4.69) is 15.9 Å². The summed E-state index contributed by atoms with van der Waals surface area (Å²) in [5, 5.41) is 19.1. The van der Waals surface area contributed by atoms with E-state index in [4.69, 9.17) is 0 Å². The van der Waals surface area contributed by atoms with Gasteiger partial charge in [0.15, 0.2) is 17.4 Å². The van der Waals surface area contributed by atoms with Crippen molar-refractivity contribution >= 4 is 26.8 Å². The number of nitriles is 1. The SMILES string of the molecule is N#Cc1c(Br)n(-c2cc(F)c(O)cc2F)c2ccccc12. The van der Waals surface area contributed by atoms with Crippen molar-refractivity contribution in [3.05, 3.63) is 58.2 Å². The first kappa shape index (κ1) is 13.6. The molecule has 3 nitrogen and oxygen atoms in total. The zero-order chi connectivity index (χ0) is 15.1. The number of para-hydroxylation sites is 1. The van der Waals surface area contributed by atoms with Gasteiger partial charge in [0, 0.05) is 17.5 Å². The van der Waals surface area contributed by atoms with E-state index in [-0.39, 0.29) is 5.69 Å². The normalized spacial score (nSPS) is 10.8. The molecule has 104 valence electrons. The average molecular weight is 349 g/mol. The second-order valence-electron chi connectivity index (χ2n) is 4.39. The lowest BCUT2D eigenvalue weighted by atomic mass is 10.2. The van der Waals surface area contributed by atoms with Crippen molar-refractivity contribution in [2.24, 2.45) is 0 Å². The predicted octanol–water partition coefficient (Wildman–Crippen LogP) is 4.25. The molecule has 0 aliphatic carbocycles. The summed E-state index contributed by atoms with van der Waals surface area (Å²) in [6.07, 6.45) is 0. The summed E-state index contributed by atoms with van der Waals surface area (Å²) in [7, 11) is 0. The molecule has 1 N–H and O–H groups in total. The van der Waals surface area contributed by atoms with Crippen LogP contribution in [-0.4, -0.2) is 9.67 Å². The number of hydrogen-bond donors (Lipinski definition) is 1. The Morgan fingerprint density at radius 3 is 2.57 bits per heavy atom. The predicted molar refractivity (Wildman–Crippen MR) is 77.3 cm³/mol. The zero-order valence-corrected chi connectivity index (χ0v) is 12.0. The van der Waals surface area contributed by atoms with Gasteiger partial charge in [0.25, 0.3) is 0 Å². The summed E-state index contributed by atoms with van der Waals surface area (Å²) in [5.41, 5.74) is 0.804. The summed E-state index contributed by atoms with van der Waals surface area (Å²) in [4.78, 5) is 0. The maximum Gasteiger partial charge on any atom is 0.167 e. The summed E-state index contributed by atoms with van der Waals surface area (Å²) < 4.78 is 29.4. The van der Waals surface area contributed by atoms with Gasteiger partial charge < -0.3 is 5.11 Å². The van der Waals surface area contributed by atoms with Crippen LogP contribution in [-0.2, 0) is 0 Å². The van der Waals surface area contributed by atoms with Crippen LogP contribution in [0.4, 0.5) is 8.78 Å². The highest BCUT2D eigenvalue weighted by molar-refractivity contribution is 9.10.